The molecule has 3 unspecified atom stereocenters. The van der Waals surface area contributed by atoms with Crippen molar-refractivity contribution in [1.82, 2.24) is 19.5 Å². The third kappa shape index (κ3) is 4.83. The van der Waals surface area contributed by atoms with Gasteiger partial charge in [0.2, 0.25) is 15.9 Å². The van der Waals surface area contributed by atoms with Crippen molar-refractivity contribution >= 4 is 32.7 Å². The van der Waals surface area contributed by atoms with E-state index in [1.165, 1.54) is 24.8 Å². The van der Waals surface area contributed by atoms with Crippen LogP contribution in [0.25, 0.3) is 10.9 Å². The number of rotatable bonds is 6. The molecule has 2 amide bonds. The van der Waals surface area contributed by atoms with Crippen LogP contribution >= 0.6 is 0 Å². The number of hydrogen-bond donors (Lipinski definition) is 2. The van der Waals surface area contributed by atoms with Crippen LogP contribution in [0.3, 0.4) is 0 Å². The van der Waals surface area contributed by atoms with E-state index >= 15 is 0 Å². The molecule has 2 aromatic rings. The summed E-state index contributed by atoms with van der Waals surface area (Å²) in [4.78, 5) is 30.7. The minimum atomic E-state index is -3.77. The summed E-state index contributed by atoms with van der Waals surface area (Å²) in [6.45, 7) is 2.05. The molecule has 0 radical (unpaired) electrons. The summed E-state index contributed by atoms with van der Waals surface area (Å²) < 4.78 is 37.3. The Balaban J connectivity index is 1.19. The van der Waals surface area contributed by atoms with Gasteiger partial charge in [0, 0.05) is 48.7 Å². The van der Waals surface area contributed by atoms with E-state index in [0.717, 1.165) is 90.7 Å². The number of piperazine rings is 1. The average Bonchev–Trinajstić information content (AvgIpc) is 3.38. The Morgan fingerprint density at radius 2 is 1.79 bits per heavy atom. The molecule has 4 atom stereocenters. The molecule has 9 nitrogen and oxygen atoms in total. The van der Waals surface area contributed by atoms with Gasteiger partial charge >= 0.3 is 0 Å². The van der Waals surface area contributed by atoms with Crippen LogP contribution < -0.4 is 14.8 Å². The molecule has 4 aliphatic heterocycles. The zero-order valence-corrected chi connectivity index (χ0v) is 28.6. The first-order valence-electron chi connectivity index (χ1n) is 18.3. The number of carbonyl (C=O) groups is 2. The fourth-order valence-electron chi connectivity index (χ4n) is 10.2. The topological polar surface area (TPSA) is 110 Å². The Morgan fingerprint density at radius 3 is 2.50 bits per heavy atom. The predicted molar refractivity (Wildman–Crippen MR) is 184 cm³/mol. The molecule has 4 aliphatic carbocycles. The molecule has 2 bridgehead atoms. The van der Waals surface area contributed by atoms with E-state index in [1.807, 2.05) is 0 Å². The second-order valence-corrected chi connectivity index (χ2v) is 17.2. The number of benzene rings is 1. The summed E-state index contributed by atoms with van der Waals surface area (Å²) in [6, 6.07) is 7.13. The van der Waals surface area contributed by atoms with Crippen molar-refractivity contribution in [2.24, 2.45) is 5.92 Å². The summed E-state index contributed by atoms with van der Waals surface area (Å²) in [5.41, 5.74) is 6.75. The highest BCUT2D eigenvalue weighted by Gasteiger charge is 2.49. The second kappa shape index (κ2) is 11.6. The zero-order valence-electron chi connectivity index (χ0n) is 27.8. The van der Waals surface area contributed by atoms with Crippen molar-refractivity contribution in [3.8, 4) is 5.75 Å². The highest BCUT2D eigenvalue weighted by atomic mass is 32.2. The third-order valence-electron chi connectivity index (χ3n) is 12.6. The molecule has 1 aromatic heterocycles. The smallest absolute Gasteiger partial charge is 0.265 e. The first-order valence-corrected chi connectivity index (χ1v) is 19.8. The lowest BCUT2D eigenvalue weighted by Gasteiger charge is -2.48. The Kier molecular flexibility index (Phi) is 7.42. The number of piperidine rings is 2. The molecule has 8 aliphatic rings. The Labute approximate surface area is 282 Å². The van der Waals surface area contributed by atoms with Crippen LogP contribution in [0.4, 0.5) is 0 Å². The van der Waals surface area contributed by atoms with Crippen molar-refractivity contribution in [2.75, 3.05) is 20.2 Å². The van der Waals surface area contributed by atoms with Gasteiger partial charge in [0.25, 0.3) is 5.91 Å². The van der Waals surface area contributed by atoms with Gasteiger partial charge in [0.05, 0.1) is 29.4 Å². The van der Waals surface area contributed by atoms with Gasteiger partial charge < -0.3 is 19.5 Å². The van der Waals surface area contributed by atoms with E-state index in [9.17, 15) is 18.0 Å². The van der Waals surface area contributed by atoms with Gasteiger partial charge in [-0.05, 0) is 85.3 Å². The maximum atomic E-state index is 14.7. The second-order valence-electron chi connectivity index (χ2n) is 15.2. The molecule has 0 spiro atoms. The summed E-state index contributed by atoms with van der Waals surface area (Å²) in [5.74, 6) is 0.356. The maximum absolute atomic E-state index is 14.7. The third-order valence-corrected chi connectivity index (χ3v) is 14.5. The number of aromatic nitrogens is 1. The number of nitrogens with one attached hydrogen (secondary N) is 2. The van der Waals surface area contributed by atoms with Crippen LogP contribution in [0.5, 0.6) is 5.75 Å². The van der Waals surface area contributed by atoms with E-state index in [1.54, 1.807) is 7.11 Å². The van der Waals surface area contributed by atoms with Crippen LogP contribution in [0.1, 0.15) is 100 Å². The van der Waals surface area contributed by atoms with Crippen molar-refractivity contribution in [1.29, 1.82) is 0 Å². The van der Waals surface area contributed by atoms with E-state index in [2.05, 4.69) is 49.9 Å². The van der Waals surface area contributed by atoms with Crippen LogP contribution in [0.15, 0.2) is 52.6 Å². The highest BCUT2D eigenvalue weighted by Crippen LogP contribution is 2.55. The first kappa shape index (κ1) is 30.7. The average molecular weight is 671 g/mol. The molecule has 3 saturated heterocycles. The van der Waals surface area contributed by atoms with Crippen molar-refractivity contribution in [3.05, 3.63) is 63.9 Å². The lowest BCUT2D eigenvalue weighted by Crippen LogP contribution is -2.63. The number of amides is 2. The molecule has 5 fully saturated rings. The van der Waals surface area contributed by atoms with Crippen molar-refractivity contribution in [2.45, 2.75) is 113 Å². The summed E-state index contributed by atoms with van der Waals surface area (Å²) in [6.07, 6.45) is 15.9. The minimum Gasteiger partial charge on any atom is -0.496 e. The van der Waals surface area contributed by atoms with Gasteiger partial charge in [0.1, 0.15) is 5.75 Å². The minimum absolute atomic E-state index is 0.189. The van der Waals surface area contributed by atoms with E-state index in [-0.39, 0.29) is 23.8 Å². The fourth-order valence-corrected chi connectivity index (χ4v) is 11.6. The standard InChI is InChI=1S/C38H46N4O5S/c1-47-32-17-16-26(22-8-3-2-4-9-22)36-29(32)18-31-33-27(12-7-13-28(33)38(44)41-20-23-14-15-24(41)19-39-23)34-30(21-42(31)36)35(34)37(43)40-48(45,46)25-10-5-6-11-25/h7,12,16-18,22-25,28,33,39H,2-6,8-11,13-15,19-21H2,1H3,(H,40,43)/t23?,24?,28-,33?/m1/s1. The van der Waals surface area contributed by atoms with Crippen LogP contribution in [0.2, 0.25) is 0 Å². The maximum Gasteiger partial charge on any atom is 0.265 e. The number of methoxy groups -OCH3 is 1. The van der Waals surface area contributed by atoms with E-state index in [0.29, 0.717) is 43.3 Å². The number of carbonyl (C=O) groups excluding carboxylic acids is 2. The van der Waals surface area contributed by atoms with Gasteiger partial charge in [-0.1, -0.05) is 50.3 Å². The quantitative estimate of drug-likeness (QED) is 0.430. The molecule has 48 heavy (non-hydrogen) atoms. The van der Waals surface area contributed by atoms with Crippen LogP contribution in [0, 0.1) is 5.92 Å². The van der Waals surface area contributed by atoms with Gasteiger partial charge in [-0.2, -0.15) is 0 Å². The van der Waals surface area contributed by atoms with Crippen molar-refractivity contribution < 1.29 is 22.7 Å². The Hall–Kier alpha value is -3.37. The molecular formula is C38H46N4O5S. The molecule has 10 heteroatoms. The monoisotopic (exact) mass is 670 g/mol. The van der Waals surface area contributed by atoms with Crippen LogP contribution in [-0.2, 0) is 26.2 Å². The van der Waals surface area contributed by atoms with E-state index in [4.69, 9.17) is 4.74 Å². The molecule has 10 rings (SSSR count). The number of fused-ring (bicyclic) bond motifs is 9. The molecule has 254 valence electrons. The molecule has 5 heterocycles. The van der Waals surface area contributed by atoms with Crippen LogP contribution in [-0.4, -0.2) is 67.2 Å². The number of ether oxygens (including phenoxy) is 1. The number of sulfonamides is 1. The number of hydrogen-bond acceptors (Lipinski definition) is 6. The zero-order chi connectivity index (χ0) is 32.7. The van der Waals surface area contributed by atoms with Gasteiger partial charge in [0.15, 0.2) is 0 Å². The molecule has 2 N–H and O–H groups in total. The van der Waals surface area contributed by atoms with E-state index < -0.39 is 21.2 Å². The normalized spacial score (nSPS) is 28.7. The van der Waals surface area contributed by atoms with Gasteiger partial charge in [-0.3, -0.25) is 9.59 Å². The predicted octanol–water partition coefficient (Wildman–Crippen LogP) is 5.33. The first-order chi connectivity index (χ1) is 23.3. The SMILES string of the molecule is COc1ccc(C2CCCCC2)c2c1cc1n2CC2=C(C(=O)NS(=O)(=O)C3CCCC3)C2=C2C=CC[C@@H](C(=O)N3CC4CCC3CN4)C21. The molecular weight excluding hydrogens is 625 g/mol. The summed E-state index contributed by atoms with van der Waals surface area (Å²) in [7, 11) is -2.05. The Morgan fingerprint density at radius 1 is 1.00 bits per heavy atom. The number of allylic oxidation sites excluding steroid dienone is 4. The largest absolute Gasteiger partial charge is 0.496 e. The van der Waals surface area contributed by atoms with Crippen molar-refractivity contribution in [3.63, 3.8) is 0 Å². The molecule has 2 saturated carbocycles. The van der Waals surface area contributed by atoms with Gasteiger partial charge in [-0.25, -0.2) is 13.1 Å². The lowest BCUT2D eigenvalue weighted by molar-refractivity contribution is -0.142. The fraction of sp³-hybridized carbons (Fsp3) is 0.579. The summed E-state index contributed by atoms with van der Waals surface area (Å²) >= 11 is 0. The molecule has 1 aromatic carbocycles. The highest BCUT2D eigenvalue weighted by molar-refractivity contribution is 7.90. The Bertz CT molecular complexity index is 1900. The number of nitrogens with zero attached hydrogens (tertiary/aromatic N) is 2. The lowest BCUT2D eigenvalue weighted by atomic mass is 9.75. The van der Waals surface area contributed by atoms with Gasteiger partial charge in [-0.15, -0.1) is 0 Å². The summed E-state index contributed by atoms with van der Waals surface area (Å²) in [5, 5.41) is 4.13.